The molecule has 0 saturated carbocycles. The van der Waals surface area contributed by atoms with Gasteiger partial charge >= 0.3 is 39.5 Å². The predicted molar refractivity (Wildman–Crippen MR) is 381 cm³/mol. The lowest BCUT2D eigenvalue weighted by Crippen LogP contribution is -2.30. The summed E-state index contributed by atoms with van der Waals surface area (Å²) in [6.07, 6.45) is 71.1. The minimum Gasteiger partial charge on any atom is -0.462 e. The number of aliphatic hydroxyl groups is 1. The Morgan fingerprint density at radius 3 is 1.01 bits per heavy atom. The highest BCUT2D eigenvalue weighted by Gasteiger charge is 2.30. The van der Waals surface area contributed by atoms with E-state index in [0.717, 1.165) is 128 Å². The molecule has 0 aliphatic rings. The summed E-state index contributed by atoms with van der Waals surface area (Å²) >= 11 is 0. The molecule has 5 atom stereocenters. The molecule has 0 amide bonds. The summed E-state index contributed by atoms with van der Waals surface area (Å²) in [6, 6.07) is 0. The van der Waals surface area contributed by atoms with E-state index in [9.17, 15) is 43.2 Å². The van der Waals surface area contributed by atoms with Crippen LogP contribution in [-0.4, -0.2) is 96.7 Å². The van der Waals surface area contributed by atoms with E-state index in [2.05, 4.69) is 125 Å². The molecule has 0 aromatic rings. The minimum atomic E-state index is -4.99. The van der Waals surface area contributed by atoms with E-state index in [1.165, 1.54) is 64.2 Å². The number of hydrogen-bond donors (Lipinski definition) is 3. The van der Waals surface area contributed by atoms with Crippen molar-refractivity contribution in [2.45, 2.75) is 290 Å². The summed E-state index contributed by atoms with van der Waals surface area (Å²) in [5.41, 5.74) is 0. The molecule has 0 radical (unpaired) electrons. The van der Waals surface area contributed by atoms with Crippen LogP contribution in [0.3, 0.4) is 0 Å². The van der Waals surface area contributed by atoms with Gasteiger partial charge in [0, 0.05) is 19.3 Å². The van der Waals surface area contributed by atoms with Crippen LogP contribution in [0, 0.1) is 0 Å². The summed E-state index contributed by atoms with van der Waals surface area (Å²) in [7, 11) is -9.98. The van der Waals surface area contributed by atoms with E-state index in [1.54, 1.807) is 6.08 Å². The third-order valence-electron chi connectivity index (χ3n) is 14.5. The molecular formula is C75H126O17P2. The fourth-order valence-electron chi connectivity index (χ4n) is 9.03. The van der Waals surface area contributed by atoms with E-state index in [1.807, 2.05) is 18.2 Å². The van der Waals surface area contributed by atoms with Gasteiger partial charge in [0.1, 0.15) is 19.3 Å². The Hall–Kier alpha value is -4.54. The second-order valence-corrected chi connectivity index (χ2v) is 26.3. The smallest absolute Gasteiger partial charge is 0.462 e. The second-order valence-electron chi connectivity index (χ2n) is 23.4. The van der Waals surface area contributed by atoms with Gasteiger partial charge in [-0.25, -0.2) is 9.13 Å². The number of unbranched alkanes of at least 4 members (excludes halogenated alkanes) is 21. The van der Waals surface area contributed by atoms with Gasteiger partial charge in [-0.05, 0) is 109 Å². The SMILES string of the molecule is CC/C=C\C/C=C\C/C=C\C/C=C\C/C=C\CC(=O)OCC(COP(=O)(O)OCC(O)COP(=O)(O)OCC(COC(=O)CCCC/C=C\C/C=C\C/C=C\C/C=C\CC)OC(=O)CCCCCCC/C=C\CCCC)OC(=O)CCCCCCCCCCCCCCC. The van der Waals surface area contributed by atoms with Crippen LogP contribution in [-0.2, 0) is 65.4 Å². The Balaban J connectivity index is 5.42. The largest absolute Gasteiger partial charge is 0.472 e. The van der Waals surface area contributed by atoms with Crippen LogP contribution in [0.15, 0.2) is 122 Å². The molecular weight excluding hydrogens is 1230 g/mol. The lowest BCUT2D eigenvalue weighted by atomic mass is 10.0. The number of aliphatic hydroxyl groups excluding tert-OH is 1. The van der Waals surface area contributed by atoms with E-state index in [4.69, 9.17) is 37.0 Å². The van der Waals surface area contributed by atoms with E-state index in [0.29, 0.717) is 25.7 Å². The molecule has 19 heteroatoms. The predicted octanol–water partition coefficient (Wildman–Crippen LogP) is 20.0. The second kappa shape index (κ2) is 67.0. The van der Waals surface area contributed by atoms with Crippen molar-refractivity contribution in [1.82, 2.24) is 0 Å². The van der Waals surface area contributed by atoms with Crippen LogP contribution < -0.4 is 0 Å². The Labute approximate surface area is 568 Å². The van der Waals surface area contributed by atoms with Gasteiger partial charge in [0.15, 0.2) is 12.2 Å². The van der Waals surface area contributed by atoms with Gasteiger partial charge in [0.25, 0.3) is 0 Å². The van der Waals surface area contributed by atoms with Crippen molar-refractivity contribution in [2.75, 3.05) is 39.6 Å². The van der Waals surface area contributed by atoms with Crippen molar-refractivity contribution in [3.8, 4) is 0 Å². The molecule has 94 heavy (non-hydrogen) atoms. The maximum absolute atomic E-state index is 13.0. The van der Waals surface area contributed by atoms with Gasteiger partial charge in [-0.15, -0.1) is 0 Å². The third kappa shape index (κ3) is 66.1. The summed E-state index contributed by atoms with van der Waals surface area (Å²) in [5.74, 6) is -2.38. The molecule has 0 aliphatic carbocycles. The molecule has 5 unspecified atom stereocenters. The first kappa shape index (κ1) is 89.5. The van der Waals surface area contributed by atoms with Crippen LogP contribution >= 0.6 is 15.6 Å². The van der Waals surface area contributed by atoms with E-state index >= 15 is 0 Å². The van der Waals surface area contributed by atoms with Crippen molar-refractivity contribution in [3.63, 3.8) is 0 Å². The standard InChI is InChI=1S/C75H126O17P2/c1-5-9-13-17-21-25-29-32-34-37-40-43-47-51-55-59-72(77)85-65-70(91-74(79)61-57-53-49-45-39-28-24-20-16-12-8-4)67-89-93(81,82)87-63-69(76)64-88-94(83,84)90-68-71(92-75(80)62-58-54-50-46-42-36-31-27-23-19-15-11-7-3)66-86-73(78)60-56-52-48-44-41-38-35-33-30-26-22-18-14-10-6-2/h9-10,13-14,20-22,24-26,32-35,40-41,43-44,52,56,69-71,76H,5-8,11-12,15-19,23,27-31,36-39,42,45-51,53-55,57-68H2,1-4H3,(H,81,82)(H,83,84)/b13-9-,14-10-,24-20-,25-21-,26-22-,34-32-,35-33-,43-40-,44-41-,56-52-. The maximum atomic E-state index is 13.0. The van der Waals surface area contributed by atoms with Gasteiger partial charge in [0.05, 0.1) is 32.8 Å². The summed E-state index contributed by atoms with van der Waals surface area (Å²) in [6.45, 7) is 4.41. The summed E-state index contributed by atoms with van der Waals surface area (Å²) in [5, 5.41) is 10.6. The number of phosphoric ester groups is 2. The van der Waals surface area contributed by atoms with Crippen molar-refractivity contribution in [1.29, 1.82) is 0 Å². The molecule has 0 rings (SSSR count). The zero-order valence-corrected chi connectivity index (χ0v) is 60.1. The van der Waals surface area contributed by atoms with Gasteiger partial charge < -0.3 is 33.8 Å². The van der Waals surface area contributed by atoms with Crippen LogP contribution in [0.1, 0.15) is 272 Å². The van der Waals surface area contributed by atoms with Crippen molar-refractivity contribution >= 4 is 39.5 Å². The first-order chi connectivity index (χ1) is 45.7. The number of carbonyl (C=O) groups excluding carboxylic acids is 4. The van der Waals surface area contributed by atoms with Gasteiger partial charge in [-0.1, -0.05) is 258 Å². The van der Waals surface area contributed by atoms with Crippen molar-refractivity contribution in [2.24, 2.45) is 0 Å². The summed E-state index contributed by atoms with van der Waals surface area (Å²) in [4.78, 5) is 72.5. The third-order valence-corrected chi connectivity index (χ3v) is 16.4. The van der Waals surface area contributed by atoms with Gasteiger partial charge in [-0.3, -0.25) is 37.3 Å². The molecule has 0 aromatic carbocycles. The highest BCUT2D eigenvalue weighted by Crippen LogP contribution is 2.45. The maximum Gasteiger partial charge on any atom is 0.472 e. The average Bonchev–Trinajstić information content (AvgIpc) is 1.55. The van der Waals surface area contributed by atoms with Crippen molar-refractivity contribution in [3.05, 3.63) is 122 Å². The molecule has 0 aliphatic heterocycles. The number of esters is 4. The highest BCUT2D eigenvalue weighted by atomic mass is 31.2. The highest BCUT2D eigenvalue weighted by molar-refractivity contribution is 7.47. The molecule has 538 valence electrons. The molecule has 17 nitrogen and oxygen atoms in total. The zero-order chi connectivity index (χ0) is 69.0. The normalized spacial score (nSPS) is 14.8. The van der Waals surface area contributed by atoms with E-state index in [-0.39, 0.29) is 25.7 Å². The quantitative estimate of drug-likeness (QED) is 0.0169. The van der Waals surface area contributed by atoms with Crippen molar-refractivity contribution < 1.29 is 80.2 Å². The molecule has 3 N–H and O–H groups in total. The number of ether oxygens (including phenoxy) is 4. The number of rotatable bonds is 66. The first-order valence-corrected chi connectivity index (χ1v) is 38.8. The fourth-order valence-corrected chi connectivity index (χ4v) is 10.6. The Morgan fingerprint density at radius 2 is 0.606 bits per heavy atom. The Bertz CT molecular complexity index is 2270. The number of carbonyl (C=O) groups is 4. The fraction of sp³-hybridized carbons (Fsp3) is 0.680. The van der Waals surface area contributed by atoms with Crippen LogP contribution in [0.4, 0.5) is 0 Å². The van der Waals surface area contributed by atoms with Crippen LogP contribution in [0.5, 0.6) is 0 Å². The number of phosphoric acid groups is 2. The molecule has 0 bridgehead atoms. The number of hydrogen-bond acceptors (Lipinski definition) is 15. The molecule has 0 aromatic heterocycles. The zero-order valence-electron chi connectivity index (χ0n) is 58.3. The van der Waals surface area contributed by atoms with Crippen LogP contribution in [0.2, 0.25) is 0 Å². The van der Waals surface area contributed by atoms with Gasteiger partial charge in [0.2, 0.25) is 0 Å². The topological polar surface area (TPSA) is 237 Å². The molecule has 0 heterocycles. The van der Waals surface area contributed by atoms with E-state index < -0.39 is 97.5 Å². The minimum absolute atomic E-state index is 0.0712. The van der Waals surface area contributed by atoms with Gasteiger partial charge in [-0.2, -0.15) is 0 Å². The van der Waals surface area contributed by atoms with Crippen LogP contribution in [0.25, 0.3) is 0 Å². The molecule has 0 spiro atoms. The summed E-state index contributed by atoms with van der Waals surface area (Å²) < 4.78 is 68.1. The lowest BCUT2D eigenvalue weighted by Gasteiger charge is -2.21. The Kier molecular flexibility index (Phi) is 63.8. The molecule has 0 fully saturated rings. The first-order valence-electron chi connectivity index (χ1n) is 35.8. The Morgan fingerprint density at radius 1 is 0.319 bits per heavy atom. The monoisotopic (exact) mass is 1360 g/mol. The lowest BCUT2D eigenvalue weighted by molar-refractivity contribution is -0.161. The average molecular weight is 1360 g/mol. The number of allylic oxidation sites excluding steroid dienone is 19. The molecule has 0 saturated heterocycles.